The largest absolute Gasteiger partial charge is 0.331 e. The van der Waals surface area contributed by atoms with Crippen LogP contribution in [0.3, 0.4) is 0 Å². The zero-order chi connectivity index (χ0) is 20.8. The number of hydrogen-bond acceptors (Lipinski definition) is 5. The van der Waals surface area contributed by atoms with E-state index in [1.165, 1.54) is 12.5 Å². The standard InChI is InChI=1S/C22H28N2O4S/c1-14(2)12-24-20(15-8-4-3-5-9-15)21(25)19(22(24)26)17-13-29(27,28)18-11-7-6-10-16(18)23-17/h6-7,10-11,14-15,19-20H,3-5,8-9,12-13H2,1-2H3/t19?,20-/m0/s1. The van der Waals surface area contributed by atoms with E-state index in [9.17, 15) is 18.0 Å². The number of hydrogen-bond donors (Lipinski definition) is 0. The first-order valence-corrected chi connectivity index (χ1v) is 12.2. The highest BCUT2D eigenvalue weighted by molar-refractivity contribution is 7.92. The molecule has 3 aliphatic rings. The van der Waals surface area contributed by atoms with Crippen LogP contribution in [-0.2, 0) is 19.4 Å². The van der Waals surface area contributed by atoms with Gasteiger partial charge in [-0.2, -0.15) is 0 Å². The summed E-state index contributed by atoms with van der Waals surface area (Å²) >= 11 is 0. The predicted molar refractivity (Wildman–Crippen MR) is 111 cm³/mol. The second kappa shape index (κ2) is 7.67. The lowest BCUT2D eigenvalue weighted by molar-refractivity contribution is -0.131. The molecule has 1 unspecified atom stereocenters. The number of rotatable bonds is 4. The van der Waals surface area contributed by atoms with Crippen LogP contribution in [0.25, 0.3) is 0 Å². The number of ketones is 1. The summed E-state index contributed by atoms with van der Waals surface area (Å²) in [5.41, 5.74) is 0.511. The number of carbonyl (C=O) groups excluding carboxylic acids is 2. The van der Waals surface area contributed by atoms with Crippen molar-refractivity contribution in [2.24, 2.45) is 22.7 Å². The maximum atomic E-state index is 13.5. The molecule has 1 aliphatic carbocycles. The van der Waals surface area contributed by atoms with Crippen LogP contribution in [0.4, 0.5) is 5.69 Å². The summed E-state index contributed by atoms with van der Waals surface area (Å²) in [6, 6.07) is 6.08. The van der Waals surface area contributed by atoms with Crippen molar-refractivity contribution in [3.63, 3.8) is 0 Å². The van der Waals surface area contributed by atoms with Crippen molar-refractivity contribution in [1.29, 1.82) is 0 Å². The summed E-state index contributed by atoms with van der Waals surface area (Å²) in [6.45, 7) is 4.57. The van der Waals surface area contributed by atoms with Gasteiger partial charge in [0.15, 0.2) is 15.6 Å². The van der Waals surface area contributed by atoms with Crippen LogP contribution < -0.4 is 0 Å². The molecule has 2 atom stereocenters. The fourth-order valence-corrected chi connectivity index (χ4v) is 6.50. The molecule has 2 fully saturated rings. The molecule has 2 heterocycles. The quantitative estimate of drug-likeness (QED) is 0.706. The van der Waals surface area contributed by atoms with E-state index in [0.29, 0.717) is 12.2 Å². The molecule has 1 amide bonds. The topological polar surface area (TPSA) is 83.9 Å². The van der Waals surface area contributed by atoms with Gasteiger partial charge in [-0.05, 0) is 36.8 Å². The SMILES string of the molecule is CC(C)CN1C(=O)C(C2=Nc3ccccc3S(=O)(=O)C2)C(=O)[C@@H]1C1CCCCC1. The number of sulfone groups is 1. The molecule has 156 valence electrons. The van der Waals surface area contributed by atoms with Gasteiger partial charge in [-0.1, -0.05) is 45.2 Å². The summed E-state index contributed by atoms with van der Waals surface area (Å²) < 4.78 is 25.6. The van der Waals surface area contributed by atoms with Crippen LogP contribution in [0, 0.1) is 17.8 Å². The minimum absolute atomic E-state index is 0.157. The van der Waals surface area contributed by atoms with Crippen LogP contribution in [-0.4, -0.2) is 49.1 Å². The minimum atomic E-state index is -3.61. The summed E-state index contributed by atoms with van der Waals surface area (Å²) in [6.07, 6.45) is 5.20. The first kappa shape index (κ1) is 20.3. The van der Waals surface area contributed by atoms with Crippen LogP contribution >= 0.6 is 0 Å². The Morgan fingerprint density at radius 3 is 2.48 bits per heavy atom. The van der Waals surface area contributed by atoms with E-state index in [1.54, 1.807) is 23.1 Å². The highest BCUT2D eigenvalue weighted by Crippen LogP contribution is 2.38. The molecule has 0 radical (unpaired) electrons. The molecule has 1 saturated heterocycles. The fraction of sp³-hybridized carbons (Fsp3) is 0.591. The van der Waals surface area contributed by atoms with Crippen molar-refractivity contribution in [2.45, 2.75) is 56.9 Å². The van der Waals surface area contributed by atoms with Gasteiger partial charge in [0, 0.05) is 6.54 Å². The first-order valence-electron chi connectivity index (χ1n) is 10.5. The average Bonchev–Trinajstić information content (AvgIpc) is 2.91. The molecule has 1 aromatic rings. The number of nitrogens with zero attached hydrogens (tertiary/aromatic N) is 2. The molecule has 1 aromatic carbocycles. The molecule has 7 heteroatoms. The van der Waals surface area contributed by atoms with Crippen LogP contribution in [0.15, 0.2) is 34.2 Å². The highest BCUT2D eigenvalue weighted by Gasteiger charge is 2.53. The van der Waals surface area contributed by atoms with Gasteiger partial charge in [0.1, 0.15) is 5.92 Å². The van der Waals surface area contributed by atoms with Gasteiger partial charge in [0.05, 0.1) is 28.1 Å². The Morgan fingerprint density at radius 1 is 1.10 bits per heavy atom. The number of likely N-dealkylation sites (tertiary alicyclic amines) is 1. The fourth-order valence-electron chi connectivity index (χ4n) is 5.01. The van der Waals surface area contributed by atoms with Crippen molar-refractivity contribution < 1.29 is 18.0 Å². The van der Waals surface area contributed by atoms with Gasteiger partial charge >= 0.3 is 0 Å². The summed E-state index contributed by atoms with van der Waals surface area (Å²) in [5, 5.41) is 0. The van der Waals surface area contributed by atoms with E-state index in [-0.39, 0.29) is 39.9 Å². The van der Waals surface area contributed by atoms with Gasteiger partial charge < -0.3 is 4.90 Å². The van der Waals surface area contributed by atoms with Crippen LogP contribution in [0.2, 0.25) is 0 Å². The Hall–Kier alpha value is -2.02. The van der Waals surface area contributed by atoms with E-state index >= 15 is 0 Å². The molecule has 4 rings (SSSR count). The Morgan fingerprint density at radius 2 is 1.79 bits per heavy atom. The number of para-hydroxylation sites is 1. The van der Waals surface area contributed by atoms with Gasteiger partial charge in [0.2, 0.25) is 5.91 Å². The minimum Gasteiger partial charge on any atom is -0.331 e. The number of carbonyl (C=O) groups is 2. The van der Waals surface area contributed by atoms with Gasteiger partial charge in [0.25, 0.3) is 0 Å². The first-order chi connectivity index (χ1) is 13.8. The Bertz CT molecular complexity index is 961. The lowest BCUT2D eigenvalue weighted by Crippen LogP contribution is -2.43. The third-order valence-corrected chi connectivity index (χ3v) is 7.93. The monoisotopic (exact) mass is 416 g/mol. The highest BCUT2D eigenvalue weighted by atomic mass is 32.2. The zero-order valence-electron chi connectivity index (χ0n) is 17.0. The molecular weight excluding hydrogens is 388 g/mol. The van der Waals surface area contributed by atoms with Gasteiger partial charge in [-0.25, -0.2) is 8.42 Å². The Balaban J connectivity index is 1.73. The predicted octanol–water partition coefficient (Wildman–Crippen LogP) is 3.18. The van der Waals surface area contributed by atoms with Gasteiger partial charge in [-0.15, -0.1) is 0 Å². The molecule has 0 aromatic heterocycles. The summed E-state index contributed by atoms with van der Waals surface area (Å²) in [7, 11) is -3.61. The Labute approximate surface area is 172 Å². The molecule has 2 aliphatic heterocycles. The van der Waals surface area contributed by atoms with Gasteiger partial charge in [-0.3, -0.25) is 14.6 Å². The van der Waals surface area contributed by atoms with E-state index in [2.05, 4.69) is 4.99 Å². The maximum Gasteiger partial charge on any atom is 0.239 e. The second-order valence-electron chi connectivity index (χ2n) is 8.89. The number of amides is 1. The molecular formula is C22H28N2O4S. The average molecular weight is 417 g/mol. The number of Topliss-reactive ketones (excluding diaryl/α,β-unsaturated/α-hetero) is 1. The molecule has 0 bridgehead atoms. The van der Waals surface area contributed by atoms with Crippen LogP contribution in [0.1, 0.15) is 46.0 Å². The molecule has 0 N–H and O–H groups in total. The lowest BCUT2D eigenvalue weighted by Gasteiger charge is -2.33. The van der Waals surface area contributed by atoms with E-state index < -0.39 is 21.8 Å². The van der Waals surface area contributed by atoms with E-state index in [0.717, 1.165) is 25.7 Å². The number of fused-ring (bicyclic) bond motifs is 1. The van der Waals surface area contributed by atoms with E-state index in [4.69, 9.17) is 0 Å². The van der Waals surface area contributed by atoms with Crippen molar-refractivity contribution in [3.8, 4) is 0 Å². The van der Waals surface area contributed by atoms with Crippen molar-refractivity contribution in [1.82, 2.24) is 4.90 Å². The van der Waals surface area contributed by atoms with Crippen molar-refractivity contribution in [2.75, 3.05) is 12.3 Å². The summed E-state index contributed by atoms with van der Waals surface area (Å²) in [4.78, 5) is 33.2. The Kier molecular flexibility index (Phi) is 5.36. The third-order valence-electron chi connectivity index (χ3n) is 6.24. The van der Waals surface area contributed by atoms with Crippen molar-refractivity contribution >= 4 is 32.9 Å². The van der Waals surface area contributed by atoms with Crippen molar-refractivity contribution in [3.05, 3.63) is 24.3 Å². The zero-order valence-corrected chi connectivity index (χ0v) is 17.8. The number of benzene rings is 1. The lowest BCUT2D eigenvalue weighted by atomic mass is 9.81. The van der Waals surface area contributed by atoms with E-state index in [1.807, 2.05) is 13.8 Å². The normalized spacial score (nSPS) is 27.3. The smallest absolute Gasteiger partial charge is 0.239 e. The molecule has 6 nitrogen and oxygen atoms in total. The number of aliphatic imine (C=N–C) groups is 1. The van der Waals surface area contributed by atoms with Crippen LogP contribution in [0.5, 0.6) is 0 Å². The molecule has 0 spiro atoms. The second-order valence-corrected chi connectivity index (χ2v) is 10.9. The molecule has 1 saturated carbocycles. The molecule has 29 heavy (non-hydrogen) atoms. The third kappa shape index (κ3) is 3.65. The maximum absolute atomic E-state index is 13.5. The summed E-state index contributed by atoms with van der Waals surface area (Å²) in [5.74, 6) is -1.46.